The fraction of sp³-hybridized carbons (Fsp3) is 0.600. The summed E-state index contributed by atoms with van der Waals surface area (Å²) < 4.78 is 26.1. The van der Waals surface area contributed by atoms with Gasteiger partial charge >= 0.3 is 12.0 Å². The first-order valence-electron chi connectivity index (χ1n) is 9.92. The Morgan fingerprint density at radius 2 is 2.33 bits per heavy atom. The number of terminal acetylenes is 1. The molecule has 1 aliphatic rings. The molecule has 9 nitrogen and oxygen atoms in total. The first-order valence-corrected chi connectivity index (χ1v) is 9.92. The topological polar surface area (TPSA) is 125 Å². The molecule has 3 rings (SSSR count). The number of aromatic nitrogens is 4. The van der Waals surface area contributed by atoms with Crippen molar-refractivity contribution in [2.45, 2.75) is 63.4 Å². The minimum absolute atomic E-state index is 0.0808. The summed E-state index contributed by atoms with van der Waals surface area (Å²) >= 11 is 0. The summed E-state index contributed by atoms with van der Waals surface area (Å²) in [6, 6.07) is 0. The van der Waals surface area contributed by atoms with Crippen molar-refractivity contribution in [2.75, 3.05) is 12.8 Å². The summed E-state index contributed by atoms with van der Waals surface area (Å²) in [5, 5.41) is 10.7. The number of nitrogens with two attached hydrogens (primary N) is 1. The molecule has 1 saturated heterocycles. The number of anilines is 1. The highest BCUT2D eigenvalue weighted by molar-refractivity contribution is 5.81. The number of nitrogen functional groups attached to an aromatic ring is 1. The van der Waals surface area contributed by atoms with Crippen molar-refractivity contribution >= 4 is 23.0 Å². The van der Waals surface area contributed by atoms with Crippen LogP contribution in [0, 0.1) is 24.3 Å². The molecule has 0 aliphatic carbocycles. The number of aliphatic hydroxyl groups is 1. The number of methoxy groups -OCH3 is 1. The molecule has 0 saturated carbocycles. The molecular formula is C20H26FN5O4. The zero-order chi connectivity index (χ0) is 21.9. The van der Waals surface area contributed by atoms with Gasteiger partial charge in [-0.25, -0.2) is 4.98 Å². The first kappa shape index (κ1) is 21.9. The summed E-state index contributed by atoms with van der Waals surface area (Å²) in [5.41, 5.74) is 4.88. The van der Waals surface area contributed by atoms with Crippen LogP contribution >= 0.6 is 0 Å². The summed E-state index contributed by atoms with van der Waals surface area (Å²) in [5.74, 6) is 2.04. The molecule has 3 N–H and O–H groups in total. The molecular weight excluding hydrogens is 393 g/mol. The Hall–Kier alpha value is -2.77. The summed E-state index contributed by atoms with van der Waals surface area (Å²) in [6.07, 6.45) is 7.79. The first-order chi connectivity index (χ1) is 14.3. The number of halogens is 1. The van der Waals surface area contributed by atoms with Gasteiger partial charge in [0.15, 0.2) is 22.6 Å². The number of hydrogen-bond acceptors (Lipinski definition) is 8. The molecule has 0 spiro atoms. The average molecular weight is 419 g/mol. The van der Waals surface area contributed by atoms with Crippen LogP contribution in [0.5, 0.6) is 0 Å². The van der Waals surface area contributed by atoms with E-state index < -0.39 is 24.0 Å². The molecule has 2 aromatic heterocycles. The maximum atomic E-state index is 13.6. The SMILES string of the molecule is C#C[C@@]1(CCCC(CCC)C(=O)OC)O[C@@H](n2cnc3c(N)nc(F)nc32)C[C@@H]1O. The van der Waals surface area contributed by atoms with E-state index in [1.807, 2.05) is 6.92 Å². The van der Waals surface area contributed by atoms with Crippen LogP contribution in [0.1, 0.15) is 51.7 Å². The van der Waals surface area contributed by atoms with Gasteiger partial charge in [0.05, 0.1) is 25.5 Å². The number of hydrogen-bond donors (Lipinski definition) is 2. The Morgan fingerprint density at radius 1 is 1.57 bits per heavy atom. The maximum absolute atomic E-state index is 13.6. The van der Waals surface area contributed by atoms with Crippen molar-refractivity contribution in [3.05, 3.63) is 12.4 Å². The Bertz CT molecular complexity index is 959. The largest absolute Gasteiger partial charge is 0.469 e. The number of nitrogens with zero attached hydrogens (tertiary/aromatic N) is 4. The lowest BCUT2D eigenvalue weighted by atomic mass is 9.88. The van der Waals surface area contributed by atoms with Gasteiger partial charge in [0.25, 0.3) is 0 Å². The van der Waals surface area contributed by atoms with Gasteiger partial charge in [-0.2, -0.15) is 14.4 Å². The van der Waals surface area contributed by atoms with Gasteiger partial charge in [0.2, 0.25) is 0 Å². The van der Waals surface area contributed by atoms with Crippen LogP contribution in [0.15, 0.2) is 6.33 Å². The predicted octanol–water partition coefficient (Wildman–Crippen LogP) is 1.96. The number of esters is 1. The van der Waals surface area contributed by atoms with E-state index in [4.69, 9.17) is 21.6 Å². The van der Waals surface area contributed by atoms with Gasteiger partial charge in [-0.1, -0.05) is 19.3 Å². The predicted molar refractivity (Wildman–Crippen MR) is 106 cm³/mol. The number of rotatable bonds is 8. The van der Waals surface area contributed by atoms with Crippen LogP contribution in [0.2, 0.25) is 0 Å². The molecule has 10 heteroatoms. The minimum Gasteiger partial charge on any atom is -0.469 e. The van der Waals surface area contributed by atoms with Crippen LogP contribution in [0.4, 0.5) is 10.2 Å². The fourth-order valence-corrected chi connectivity index (χ4v) is 3.98. The highest BCUT2D eigenvalue weighted by Crippen LogP contribution is 2.41. The molecule has 0 radical (unpaired) electrons. The van der Waals surface area contributed by atoms with E-state index in [0.717, 1.165) is 12.8 Å². The van der Waals surface area contributed by atoms with Crippen LogP contribution < -0.4 is 5.73 Å². The Morgan fingerprint density at radius 3 is 3.00 bits per heavy atom. The van der Waals surface area contributed by atoms with E-state index >= 15 is 0 Å². The van der Waals surface area contributed by atoms with Crippen LogP contribution in [0.25, 0.3) is 11.2 Å². The highest BCUT2D eigenvalue weighted by Gasteiger charge is 2.47. The lowest BCUT2D eigenvalue weighted by Crippen LogP contribution is -2.38. The molecule has 1 unspecified atom stereocenters. The quantitative estimate of drug-likeness (QED) is 0.378. The Labute approximate surface area is 173 Å². The lowest BCUT2D eigenvalue weighted by molar-refractivity contribution is -0.146. The second kappa shape index (κ2) is 8.93. The molecule has 0 bridgehead atoms. The zero-order valence-corrected chi connectivity index (χ0v) is 17.0. The van der Waals surface area contributed by atoms with Crippen LogP contribution in [-0.4, -0.2) is 49.4 Å². The van der Waals surface area contributed by atoms with E-state index in [9.17, 15) is 14.3 Å². The van der Waals surface area contributed by atoms with Gasteiger partial charge in [0, 0.05) is 6.42 Å². The third-order valence-corrected chi connectivity index (χ3v) is 5.56. The zero-order valence-electron chi connectivity index (χ0n) is 17.0. The van der Waals surface area contributed by atoms with Gasteiger partial charge in [0.1, 0.15) is 6.23 Å². The summed E-state index contributed by atoms with van der Waals surface area (Å²) in [7, 11) is 1.37. The second-order valence-corrected chi connectivity index (χ2v) is 7.46. The van der Waals surface area contributed by atoms with Crippen molar-refractivity contribution in [3.8, 4) is 12.3 Å². The third-order valence-electron chi connectivity index (χ3n) is 5.56. The molecule has 3 heterocycles. The van der Waals surface area contributed by atoms with Gasteiger partial charge < -0.3 is 20.3 Å². The molecule has 1 aliphatic heterocycles. The monoisotopic (exact) mass is 419 g/mol. The van der Waals surface area contributed by atoms with E-state index in [1.165, 1.54) is 18.0 Å². The number of fused-ring (bicyclic) bond motifs is 1. The van der Waals surface area contributed by atoms with E-state index in [1.54, 1.807) is 0 Å². The standard InChI is InChI=1S/C20H26FN5O4/c1-4-7-12(18(28)29-3)8-6-9-20(5-2)13(27)10-14(30-20)26-11-23-15-16(22)24-19(21)25-17(15)26/h2,11-14,27H,4,6-10H2,1,3H3,(H2,22,24,25)/t12?,13-,14+,20-/m0/s1. The van der Waals surface area contributed by atoms with Crippen molar-refractivity contribution in [3.63, 3.8) is 0 Å². The fourth-order valence-electron chi connectivity index (χ4n) is 3.98. The number of ether oxygens (including phenoxy) is 2. The average Bonchev–Trinajstić information content (AvgIpc) is 3.28. The Kier molecular flexibility index (Phi) is 6.53. The molecule has 0 amide bonds. The molecule has 30 heavy (non-hydrogen) atoms. The van der Waals surface area contributed by atoms with Gasteiger partial charge in [-0.3, -0.25) is 9.36 Å². The van der Waals surface area contributed by atoms with Crippen molar-refractivity contribution in [2.24, 2.45) is 5.92 Å². The van der Waals surface area contributed by atoms with Crippen molar-refractivity contribution in [1.82, 2.24) is 19.5 Å². The maximum Gasteiger partial charge on any atom is 0.312 e. The van der Waals surface area contributed by atoms with Gasteiger partial charge in [-0.15, -0.1) is 6.42 Å². The molecule has 162 valence electrons. The molecule has 0 aromatic carbocycles. The second-order valence-electron chi connectivity index (χ2n) is 7.46. The van der Waals surface area contributed by atoms with Crippen LogP contribution in [0.3, 0.4) is 0 Å². The van der Waals surface area contributed by atoms with Gasteiger partial charge in [-0.05, 0) is 25.7 Å². The highest BCUT2D eigenvalue weighted by atomic mass is 19.1. The normalized spacial score (nSPS) is 24.6. The Balaban J connectivity index is 1.75. The molecule has 4 atom stereocenters. The number of imidazole rings is 1. The minimum atomic E-state index is -1.23. The van der Waals surface area contributed by atoms with Crippen molar-refractivity contribution < 1.29 is 23.8 Å². The lowest BCUT2D eigenvalue weighted by Gasteiger charge is -2.27. The number of aliphatic hydroxyl groups excluding tert-OH is 1. The van der Waals surface area contributed by atoms with Crippen molar-refractivity contribution in [1.29, 1.82) is 0 Å². The van der Waals surface area contributed by atoms with E-state index in [2.05, 4.69) is 20.9 Å². The van der Waals surface area contributed by atoms with Crippen LogP contribution in [-0.2, 0) is 14.3 Å². The summed E-state index contributed by atoms with van der Waals surface area (Å²) in [6.45, 7) is 2.00. The third kappa shape index (κ3) is 4.08. The number of carbonyl (C=O) groups is 1. The molecule has 1 fully saturated rings. The smallest absolute Gasteiger partial charge is 0.312 e. The summed E-state index contributed by atoms with van der Waals surface area (Å²) in [4.78, 5) is 23.3. The number of carbonyl (C=O) groups excluding carboxylic acids is 1. The van der Waals surface area contributed by atoms with E-state index in [0.29, 0.717) is 19.3 Å². The molecule has 2 aromatic rings. The van der Waals surface area contributed by atoms with E-state index in [-0.39, 0.29) is 35.3 Å².